The molecule has 84 valence electrons. The van der Waals surface area contributed by atoms with E-state index in [1.165, 1.54) is 12.8 Å². The highest BCUT2D eigenvalue weighted by molar-refractivity contribution is 4.83. The monoisotopic (exact) mass is 200 g/mol. The molecule has 0 saturated carbocycles. The largest absolute Gasteiger partial charge is 0.393 e. The van der Waals surface area contributed by atoms with E-state index in [1.54, 1.807) is 0 Å². The third-order valence-corrected chi connectivity index (χ3v) is 3.42. The number of rotatable bonds is 4. The Morgan fingerprint density at radius 2 is 2.00 bits per heavy atom. The van der Waals surface area contributed by atoms with Gasteiger partial charge in [0, 0.05) is 6.54 Å². The summed E-state index contributed by atoms with van der Waals surface area (Å²) in [6.07, 6.45) is 3.12. The number of aliphatic hydroxyl groups is 1. The maximum absolute atomic E-state index is 9.19. The van der Waals surface area contributed by atoms with Gasteiger partial charge in [-0.3, -0.25) is 0 Å². The summed E-state index contributed by atoms with van der Waals surface area (Å²) in [6.45, 7) is 8.24. The van der Waals surface area contributed by atoms with Crippen molar-refractivity contribution in [3.8, 4) is 0 Å². The normalized spacial score (nSPS) is 24.9. The van der Waals surface area contributed by atoms with Crippen LogP contribution in [0.25, 0.3) is 0 Å². The Morgan fingerprint density at radius 3 is 2.43 bits per heavy atom. The highest BCUT2D eigenvalue weighted by atomic mass is 16.3. The Morgan fingerprint density at radius 1 is 1.43 bits per heavy atom. The van der Waals surface area contributed by atoms with Gasteiger partial charge < -0.3 is 15.7 Å². The molecule has 1 saturated heterocycles. The first-order chi connectivity index (χ1) is 6.56. The van der Waals surface area contributed by atoms with Crippen molar-refractivity contribution in [1.29, 1.82) is 0 Å². The summed E-state index contributed by atoms with van der Waals surface area (Å²) in [5.41, 5.74) is 6.11. The van der Waals surface area contributed by atoms with Crippen molar-refractivity contribution in [2.24, 2.45) is 11.1 Å². The van der Waals surface area contributed by atoms with Crippen LogP contribution in [0.2, 0.25) is 0 Å². The van der Waals surface area contributed by atoms with E-state index < -0.39 is 0 Å². The van der Waals surface area contributed by atoms with E-state index in [9.17, 15) is 5.11 Å². The van der Waals surface area contributed by atoms with Crippen molar-refractivity contribution in [2.75, 3.05) is 26.2 Å². The minimum atomic E-state index is -0.169. The van der Waals surface area contributed by atoms with Crippen LogP contribution in [0.5, 0.6) is 0 Å². The minimum absolute atomic E-state index is 0.169. The maximum Gasteiger partial charge on any atom is 0.0524 e. The molecule has 1 heterocycles. The van der Waals surface area contributed by atoms with Gasteiger partial charge in [-0.1, -0.05) is 6.92 Å². The lowest BCUT2D eigenvalue weighted by Gasteiger charge is -2.38. The molecule has 0 radical (unpaired) electrons. The molecule has 0 aromatic heterocycles. The molecular formula is C11H24N2O. The second-order valence-electron chi connectivity index (χ2n) is 4.99. The van der Waals surface area contributed by atoms with Gasteiger partial charge in [0.15, 0.2) is 0 Å². The second-order valence-corrected chi connectivity index (χ2v) is 4.99. The number of nitrogens with two attached hydrogens (primary N) is 1. The Hall–Kier alpha value is -0.120. The summed E-state index contributed by atoms with van der Waals surface area (Å²) >= 11 is 0. The van der Waals surface area contributed by atoms with Crippen LogP contribution in [0.4, 0.5) is 0 Å². The Balaban J connectivity index is 2.22. The molecule has 3 N–H and O–H groups in total. The summed E-state index contributed by atoms with van der Waals surface area (Å²) < 4.78 is 0. The maximum atomic E-state index is 9.19. The lowest BCUT2D eigenvalue weighted by molar-refractivity contribution is 0.102. The number of hydrogen-bond acceptors (Lipinski definition) is 3. The van der Waals surface area contributed by atoms with Crippen LogP contribution in [-0.2, 0) is 0 Å². The third kappa shape index (κ3) is 3.56. The van der Waals surface area contributed by atoms with E-state index in [-0.39, 0.29) is 6.10 Å². The van der Waals surface area contributed by atoms with Crippen molar-refractivity contribution >= 4 is 0 Å². The van der Waals surface area contributed by atoms with Gasteiger partial charge in [0.1, 0.15) is 0 Å². The summed E-state index contributed by atoms with van der Waals surface area (Å²) in [7, 11) is 0. The molecule has 3 heteroatoms. The lowest BCUT2D eigenvalue weighted by atomic mass is 9.80. The molecular weight excluding hydrogens is 176 g/mol. The van der Waals surface area contributed by atoms with Crippen LogP contribution in [0.3, 0.4) is 0 Å². The molecule has 1 aliphatic heterocycles. The summed E-state index contributed by atoms with van der Waals surface area (Å²) in [5.74, 6) is 0. The van der Waals surface area contributed by atoms with Gasteiger partial charge in [0.05, 0.1) is 6.10 Å². The number of piperidine rings is 1. The van der Waals surface area contributed by atoms with Crippen LogP contribution in [0, 0.1) is 5.41 Å². The van der Waals surface area contributed by atoms with Crippen molar-refractivity contribution in [1.82, 2.24) is 4.90 Å². The Bertz CT molecular complexity index is 163. The van der Waals surface area contributed by atoms with Crippen molar-refractivity contribution < 1.29 is 5.11 Å². The van der Waals surface area contributed by atoms with E-state index in [1.807, 2.05) is 6.92 Å². The summed E-state index contributed by atoms with van der Waals surface area (Å²) in [4.78, 5) is 2.43. The molecule has 0 amide bonds. The molecule has 1 atom stereocenters. The van der Waals surface area contributed by atoms with Crippen LogP contribution in [-0.4, -0.2) is 42.3 Å². The van der Waals surface area contributed by atoms with E-state index in [2.05, 4.69) is 11.8 Å². The standard InChI is InChI=1S/C11H24N2O/c1-10(14)3-6-13-7-4-11(2,9-12)5-8-13/h10,14H,3-9,12H2,1-2H3. The fourth-order valence-electron chi connectivity index (χ4n) is 1.89. The molecule has 3 nitrogen and oxygen atoms in total. The molecule has 0 spiro atoms. The smallest absolute Gasteiger partial charge is 0.0524 e. The molecule has 0 aromatic carbocycles. The third-order valence-electron chi connectivity index (χ3n) is 3.42. The lowest BCUT2D eigenvalue weighted by Crippen LogP contribution is -2.42. The first-order valence-corrected chi connectivity index (χ1v) is 5.66. The van der Waals surface area contributed by atoms with Gasteiger partial charge in [0.25, 0.3) is 0 Å². The molecule has 1 fully saturated rings. The van der Waals surface area contributed by atoms with Gasteiger partial charge in [-0.2, -0.15) is 0 Å². The van der Waals surface area contributed by atoms with Crippen LogP contribution in [0.1, 0.15) is 33.1 Å². The SMILES string of the molecule is CC(O)CCN1CCC(C)(CN)CC1. The zero-order chi connectivity index (χ0) is 10.6. The van der Waals surface area contributed by atoms with Gasteiger partial charge in [-0.25, -0.2) is 0 Å². The molecule has 1 rings (SSSR count). The van der Waals surface area contributed by atoms with Crippen LogP contribution < -0.4 is 5.73 Å². The number of hydrogen-bond donors (Lipinski definition) is 2. The minimum Gasteiger partial charge on any atom is -0.393 e. The average molecular weight is 200 g/mol. The number of likely N-dealkylation sites (tertiary alicyclic amines) is 1. The highest BCUT2D eigenvalue weighted by Crippen LogP contribution is 2.29. The van der Waals surface area contributed by atoms with E-state index in [0.29, 0.717) is 5.41 Å². The predicted octanol–water partition coefficient (Wildman–Crippen LogP) is 0.818. The fourth-order valence-corrected chi connectivity index (χ4v) is 1.89. The number of aliphatic hydroxyl groups excluding tert-OH is 1. The summed E-state index contributed by atoms with van der Waals surface area (Å²) in [6, 6.07) is 0. The van der Waals surface area contributed by atoms with Crippen molar-refractivity contribution in [3.63, 3.8) is 0 Å². The van der Waals surface area contributed by atoms with Gasteiger partial charge >= 0.3 is 0 Å². The first-order valence-electron chi connectivity index (χ1n) is 5.66. The van der Waals surface area contributed by atoms with E-state index >= 15 is 0 Å². The highest BCUT2D eigenvalue weighted by Gasteiger charge is 2.28. The molecule has 0 aliphatic carbocycles. The molecule has 1 unspecified atom stereocenters. The van der Waals surface area contributed by atoms with Crippen LogP contribution >= 0.6 is 0 Å². The molecule has 0 aromatic rings. The first kappa shape index (κ1) is 12.0. The molecule has 1 aliphatic rings. The quantitative estimate of drug-likeness (QED) is 0.706. The molecule has 0 bridgehead atoms. The van der Waals surface area contributed by atoms with E-state index in [0.717, 1.165) is 32.6 Å². The number of nitrogens with zero attached hydrogens (tertiary/aromatic N) is 1. The van der Waals surface area contributed by atoms with Crippen molar-refractivity contribution in [3.05, 3.63) is 0 Å². The van der Waals surface area contributed by atoms with Gasteiger partial charge in [-0.05, 0) is 51.2 Å². The predicted molar refractivity (Wildman–Crippen MR) is 59.1 cm³/mol. The molecule has 14 heavy (non-hydrogen) atoms. The zero-order valence-corrected chi connectivity index (χ0v) is 9.50. The summed E-state index contributed by atoms with van der Waals surface area (Å²) in [5, 5.41) is 9.19. The van der Waals surface area contributed by atoms with Crippen molar-refractivity contribution in [2.45, 2.75) is 39.2 Å². The van der Waals surface area contributed by atoms with E-state index in [4.69, 9.17) is 5.73 Å². The van der Waals surface area contributed by atoms with Gasteiger partial charge in [-0.15, -0.1) is 0 Å². The zero-order valence-electron chi connectivity index (χ0n) is 9.50. The Kier molecular flexibility index (Phi) is 4.35. The van der Waals surface area contributed by atoms with Crippen LogP contribution in [0.15, 0.2) is 0 Å². The second kappa shape index (κ2) is 5.10. The topological polar surface area (TPSA) is 49.5 Å². The fraction of sp³-hybridized carbons (Fsp3) is 1.00. The van der Waals surface area contributed by atoms with Gasteiger partial charge in [0.2, 0.25) is 0 Å². The Labute approximate surface area is 87.3 Å². The average Bonchev–Trinajstić information content (AvgIpc) is 2.17.